The molecule has 1 unspecified atom stereocenters. The zero-order valence-corrected chi connectivity index (χ0v) is 12.3. The SMILES string of the molecule is CC(=CCCC(C)C)CCCC(C)C(C)C. The van der Waals surface area contributed by atoms with E-state index in [4.69, 9.17) is 0 Å². The highest BCUT2D eigenvalue weighted by Crippen LogP contribution is 2.19. The molecule has 0 aromatic carbocycles. The number of allylic oxidation sites excluding steroid dienone is 2. The van der Waals surface area contributed by atoms with Gasteiger partial charge in [-0.05, 0) is 50.4 Å². The topological polar surface area (TPSA) is 0 Å². The molecule has 0 bridgehead atoms. The molecule has 0 nitrogen and oxygen atoms in total. The van der Waals surface area contributed by atoms with Crippen LogP contribution < -0.4 is 0 Å². The van der Waals surface area contributed by atoms with Crippen LogP contribution in [-0.4, -0.2) is 0 Å². The zero-order chi connectivity index (χ0) is 12.6. The third-order valence-corrected chi connectivity index (χ3v) is 3.61. The van der Waals surface area contributed by atoms with Crippen LogP contribution >= 0.6 is 0 Å². The lowest BCUT2D eigenvalue weighted by atomic mass is 9.91. The van der Waals surface area contributed by atoms with Crippen molar-refractivity contribution in [3.8, 4) is 0 Å². The summed E-state index contributed by atoms with van der Waals surface area (Å²) in [6.07, 6.45) is 9.09. The Morgan fingerprint density at radius 1 is 1.00 bits per heavy atom. The first-order valence-electron chi connectivity index (χ1n) is 7.09. The first-order chi connectivity index (χ1) is 7.43. The van der Waals surface area contributed by atoms with Gasteiger partial charge in [-0.3, -0.25) is 0 Å². The van der Waals surface area contributed by atoms with Crippen LogP contribution in [0.1, 0.15) is 73.6 Å². The van der Waals surface area contributed by atoms with Gasteiger partial charge in [0.1, 0.15) is 0 Å². The van der Waals surface area contributed by atoms with Gasteiger partial charge in [0, 0.05) is 0 Å². The van der Waals surface area contributed by atoms with Crippen LogP contribution in [0, 0.1) is 17.8 Å². The molecule has 0 fully saturated rings. The fourth-order valence-corrected chi connectivity index (χ4v) is 1.80. The van der Waals surface area contributed by atoms with E-state index in [2.05, 4.69) is 47.6 Å². The maximum absolute atomic E-state index is 2.44. The van der Waals surface area contributed by atoms with E-state index in [-0.39, 0.29) is 0 Å². The Bertz CT molecular complexity index is 186. The molecule has 0 aromatic heterocycles. The lowest BCUT2D eigenvalue weighted by Gasteiger charge is -2.14. The van der Waals surface area contributed by atoms with E-state index in [0.29, 0.717) is 0 Å². The summed E-state index contributed by atoms with van der Waals surface area (Å²) in [5.41, 5.74) is 1.59. The predicted molar refractivity (Wildman–Crippen MR) is 75.7 cm³/mol. The summed E-state index contributed by atoms with van der Waals surface area (Å²) >= 11 is 0. The van der Waals surface area contributed by atoms with Gasteiger partial charge in [0.05, 0.1) is 0 Å². The minimum Gasteiger partial charge on any atom is -0.0856 e. The van der Waals surface area contributed by atoms with Crippen molar-refractivity contribution in [2.45, 2.75) is 73.6 Å². The minimum absolute atomic E-state index is 0.838. The fourth-order valence-electron chi connectivity index (χ4n) is 1.80. The number of hydrogen-bond acceptors (Lipinski definition) is 0. The highest BCUT2D eigenvalue weighted by Gasteiger charge is 2.06. The lowest BCUT2D eigenvalue weighted by Crippen LogP contribution is -2.03. The second kappa shape index (κ2) is 8.84. The molecule has 1 atom stereocenters. The first-order valence-corrected chi connectivity index (χ1v) is 7.09. The van der Waals surface area contributed by atoms with Crippen LogP contribution in [0.5, 0.6) is 0 Å². The summed E-state index contributed by atoms with van der Waals surface area (Å²) in [6.45, 7) is 13.9. The molecule has 96 valence electrons. The molecule has 0 rings (SSSR count). The van der Waals surface area contributed by atoms with Crippen LogP contribution in [0.4, 0.5) is 0 Å². The van der Waals surface area contributed by atoms with Crippen molar-refractivity contribution in [3.05, 3.63) is 11.6 Å². The molecule has 0 aliphatic rings. The van der Waals surface area contributed by atoms with Crippen molar-refractivity contribution >= 4 is 0 Å². The van der Waals surface area contributed by atoms with Gasteiger partial charge in [-0.1, -0.05) is 52.7 Å². The highest BCUT2D eigenvalue weighted by molar-refractivity contribution is 4.97. The Balaban J connectivity index is 3.60. The predicted octanol–water partition coefficient (Wildman–Crippen LogP) is 5.83. The molecule has 0 N–H and O–H groups in total. The van der Waals surface area contributed by atoms with Gasteiger partial charge >= 0.3 is 0 Å². The summed E-state index contributed by atoms with van der Waals surface area (Å²) in [5.74, 6) is 2.55. The van der Waals surface area contributed by atoms with Crippen molar-refractivity contribution in [1.29, 1.82) is 0 Å². The molecule has 0 amide bonds. The van der Waals surface area contributed by atoms with Gasteiger partial charge in [-0.2, -0.15) is 0 Å². The second-order valence-corrected chi connectivity index (χ2v) is 6.14. The van der Waals surface area contributed by atoms with Crippen LogP contribution in [-0.2, 0) is 0 Å². The van der Waals surface area contributed by atoms with Crippen LogP contribution in [0.3, 0.4) is 0 Å². The van der Waals surface area contributed by atoms with Crippen molar-refractivity contribution in [3.63, 3.8) is 0 Å². The van der Waals surface area contributed by atoms with Gasteiger partial charge in [0.15, 0.2) is 0 Å². The largest absolute Gasteiger partial charge is 0.0856 e. The quantitative estimate of drug-likeness (QED) is 0.455. The van der Waals surface area contributed by atoms with E-state index in [9.17, 15) is 0 Å². The molecule has 0 aromatic rings. The summed E-state index contributed by atoms with van der Waals surface area (Å²) in [6, 6.07) is 0. The summed E-state index contributed by atoms with van der Waals surface area (Å²) in [4.78, 5) is 0. The van der Waals surface area contributed by atoms with Crippen LogP contribution in [0.2, 0.25) is 0 Å². The molecule has 0 saturated heterocycles. The minimum atomic E-state index is 0.838. The van der Waals surface area contributed by atoms with Crippen LogP contribution in [0.15, 0.2) is 11.6 Å². The Kier molecular flexibility index (Phi) is 8.70. The molecule has 0 saturated carbocycles. The van der Waals surface area contributed by atoms with E-state index >= 15 is 0 Å². The van der Waals surface area contributed by atoms with E-state index in [1.165, 1.54) is 32.1 Å². The van der Waals surface area contributed by atoms with Gasteiger partial charge in [0.25, 0.3) is 0 Å². The van der Waals surface area contributed by atoms with E-state index in [1.807, 2.05) is 0 Å². The normalized spacial score (nSPS) is 14.9. The zero-order valence-electron chi connectivity index (χ0n) is 12.3. The van der Waals surface area contributed by atoms with Gasteiger partial charge in [-0.15, -0.1) is 0 Å². The molecular weight excluding hydrogens is 192 g/mol. The van der Waals surface area contributed by atoms with E-state index < -0.39 is 0 Å². The molecule has 0 aliphatic heterocycles. The molecular formula is C16H32. The van der Waals surface area contributed by atoms with Crippen molar-refractivity contribution in [2.24, 2.45) is 17.8 Å². The van der Waals surface area contributed by atoms with Crippen molar-refractivity contribution in [2.75, 3.05) is 0 Å². The third kappa shape index (κ3) is 9.00. The lowest BCUT2D eigenvalue weighted by molar-refractivity contribution is 0.382. The van der Waals surface area contributed by atoms with E-state index in [0.717, 1.165) is 17.8 Å². The summed E-state index contributed by atoms with van der Waals surface area (Å²) in [7, 11) is 0. The second-order valence-electron chi connectivity index (χ2n) is 6.14. The summed E-state index contributed by atoms with van der Waals surface area (Å²) < 4.78 is 0. The van der Waals surface area contributed by atoms with Crippen molar-refractivity contribution in [1.82, 2.24) is 0 Å². The molecule has 0 aliphatic carbocycles. The molecule has 16 heavy (non-hydrogen) atoms. The Morgan fingerprint density at radius 2 is 1.62 bits per heavy atom. The van der Waals surface area contributed by atoms with Gasteiger partial charge in [-0.25, -0.2) is 0 Å². The maximum Gasteiger partial charge on any atom is -0.0323 e. The van der Waals surface area contributed by atoms with Gasteiger partial charge < -0.3 is 0 Å². The third-order valence-electron chi connectivity index (χ3n) is 3.61. The van der Waals surface area contributed by atoms with Gasteiger partial charge in [0.2, 0.25) is 0 Å². The Labute approximate surface area is 104 Å². The van der Waals surface area contributed by atoms with E-state index in [1.54, 1.807) is 5.57 Å². The number of hydrogen-bond donors (Lipinski definition) is 0. The van der Waals surface area contributed by atoms with Crippen molar-refractivity contribution < 1.29 is 0 Å². The Hall–Kier alpha value is -0.260. The average molecular weight is 224 g/mol. The molecule has 0 radical (unpaired) electrons. The number of rotatable bonds is 8. The Morgan fingerprint density at radius 3 is 2.12 bits per heavy atom. The fraction of sp³-hybridized carbons (Fsp3) is 0.875. The maximum atomic E-state index is 2.44. The molecule has 0 heterocycles. The average Bonchev–Trinajstić information content (AvgIpc) is 2.16. The highest BCUT2D eigenvalue weighted by atomic mass is 14.1. The summed E-state index contributed by atoms with van der Waals surface area (Å²) in [5, 5.41) is 0. The molecule has 0 heteroatoms. The first kappa shape index (κ1) is 15.7. The smallest absolute Gasteiger partial charge is 0.0323 e. The van der Waals surface area contributed by atoms with Crippen LogP contribution in [0.25, 0.3) is 0 Å². The monoisotopic (exact) mass is 224 g/mol. The molecule has 0 spiro atoms. The standard InChI is InChI=1S/C16H32/c1-13(2)9-7-10-15(5)11-8-12-16(6)14(3)4/h10,13-14,16H,7-9,11-12H2,1-6H3.